The fourth-order valence-electron chi connectivity index (χ4n) is 3.90. The van der Waals surface area contributed by atoms with Gasteiger partial charge in [0.05, 0.1) is 5.54 Å². The highest BCUT2D eigenvalue weighted by Gasteiger charge is 2.46. The summed E-state index contributed by atoms with van der Waals surface area (Å²) in [5.74, 6) is -1.97. The van der Waals surface area contributed by atoms with Crippen LogP contribution in [0.25, 0.3) is 15.6 Å². The molecule has 1 aliphatic carbocycles. The summed E-state index contributed by atoms with van der Waals surface area (Å²) in [5.41, 5.74) is 1.68. The van der Waals surface area contributed by atoms with Crippen molar-refractivity contribution in [2.75, 3.05) is 6.67 Å². The van der Waals surface area contributed by atoms with Gasteiger partial charge in [-0.25, -0.2) is 6.57 Å². The Balaban J connectivity index is 1.52. The minimum atomic E-state index is -0.882. The molecule has 0 unspecified atom stereocenters. The quantitative estimate of drug-likeness (QED) is 0.353. The van der Waals surface area contributed by atoms with Crippen molar-refractivity contribution < 1.29 is 14.4 Å². The number of nitrogens with one attached hydrogen (secondary N) is 3. The lowest BCUT2D eigenvalue weighted by Crippen LogP contribution is -2.40. The number of nitrogens with zero attached hydrogens (tertiary/aromatic N) is 1. The summed E-state index contributed by atoms with van der Waals surface area (Å²) < 4.78 is 1.01. The van der Waals surface area contributed by atoms with Crippen molar-refractivity contribution in [3.05, 3.63) is 93.2 Å². The van der Waals surface area contributed by atoms with Crippen LogP contribution in [-0.2, 0) is 21.7 Å². The van der Waals surface area contributed by atoms with E-state index in [0.717, 1.165) is 33.7 Å². The standard InChI is InChI=1S/C25H21BrN4O3/c1-27-15-29-24(33)23(32)28-14-16-6-2-3-7-17(16)22(31)30-25(12-13-25)20-10-4-9-19-18(20)8-5-11-21(19)26/h2-11H,12-15H2,(H,28,32)(H,29,33)(H,30,31). The zero-order chi connectivity index (χ0) is 23.4. The number of carbonyl (C=O) groups is 3. The van der Waals surface area contributed by atoms with Crippen LogP contribution in [0.2, 0.25) is 0 Å². The van der Waals surface area contributed by atoms with Crippen LogP contribution in [0.15, 0.2) is 65.1 Å². The summed E-state index contributed by atoms with van der Waals surface area (Å²) in [6.07, 6.45) is 1.68. The van der Waals surface area contributed by atoms with E-state index < -0.39 is 17.4 Å². The van der Waals surface area contributed by atoms with E-state index in [-0.39, 0.29) is 19.1 Å². The molecule has 0 spiro atoms. The van der Waals surface area contributed by atoms with E-state index in [1.165, 1.54) is 0 Å². The molecule has 0 saturated heterocycles. The van der Waals surface area contributed by atoms with Gasteiger partial charge in [0.15, 0.2) is 0 Å². The highest BCUT2D eigenvalue weighted by Crippen LogP contribution is 2.48. The molecule has 0 heterocycles. The first-order valence-electron chi connectivity index (χ1n) is 10.4. The number of benzene rings is 3. The Kier molecular flexibility index (Phi) is 6.43. The number of hydrogen-bond donors (Lipinski definition) is 3. The van der Waals surface area contributed by atoms with Gasteiger partial charge in [-0.2, -0.15) is 0 Å². The van der Waals surface area contributed by atoms with Crippen molar-refractivity contribution >= 4 is 44.4 Å². The lowest BCUT2D eigenvalue weighted by Gasteiger charge is -2.21. The first kappa shape index (κ1) is 22.5. The SMILES string of the molecule is [C-]#[N+]CNC(=O)C(=O)NCc1ccccc1C(=O)NC1(c2cccc3c(Br)cccc23)CC1. The van der Waals surface area contributed by atoms with Gasteiger partial charge >= 0.3 is 11.8 Å². The molecule has 1 fully saturated rings. The van der Waals surface area contributed by atoms with Gasteiger partial charge in [-0.3, -0.25) is 24.5 Å². The van der Waals surface area contributed by atoms with Gasteiger partial charge in [0.2, 0.25) is 0 Å². The molecule has 0 aromatic heterocycles. The van der Waals surface area contributed by atoms with E-state index >= 15 is 0 Å². The number of fused-ring (bicyclic) bond motifs is 1. The molecule has 7 nitrogen and oxygen atoms in total. The molecule has 0 atom stereocenters. The molecule has 33 heavy (non-hydrogen) atoms. The van der Waals surface area contributed by atoms with Crippen molar-refractivity contribution in [3.63, 3.8) is 0 Å². The fourth-order valence-corrected chi connectivity index (χ4v) is 4.40. The Morgan fingerprint density at radius 1 is 0.909 bits per heavy atom. The average Bonchev–Trinajstić information content (AvgIpc) is 3.61. The summed E-state index contributed by atoms with van der Waals surface area (Å²) in [5, 5.41) is 10.1. The summed E-state index contributed by atoms with van der Waals surface area (Å²) >= 11 is 3.60. The van der Waals surface area contributed by atoms with E-state index in [9.17, 15) is 14.4 Å². The van der Waals surface area contributed by atoms with Crippen LogP contribution < -0.4 is 16.0 Å². The third-order valence-corrected chi connectivity index (χ3v) is 6.41. The molecule has 3 amide bonds. The third-order valence-electron chi connectivity index (χ3n) is 5.71. The van der Waals surface area contributed by atoms with Gasteiger partial charge in [-0.15, -0.1) is 0 Å². The molecular weight excluding hydrogens is 484 g/mol. The van der Waals surface area contributed by atoms with Crippen molar-refractivity contribution in [3.8, 4) is 0 Å². The number of amides is 3. The first-order valence-corrected chi connectivity index (χ1v) is 11.2. The van der Waals surface area contributed by atoms with Crippen LogP contribution in [0.4, 0.5) is 0 Å². The van der Waals surface area contributed by atoms with Crippen LogP contribution in [0.1, 0.15) is 34.3 Å². The van der Waals surface area contributed by atoms with Crippen LogP contribution in [0, 0.1) is 6.57 Å². The Labute approximate surface area is 199 Å². The van der Waals surface area contributed by atoms with Gasteiger partial charge in [0, 0.05) is 16.6 Å². The molecule has 0 bridgehead atoms. The highest BCUT2D eigenvalue weighted by molar-refractivity contribution is 9.10. The van der Waals surface area contributed by atoms with Gasteiger partial charge in [-0.1, -0.05) is 64.5 Å². The van der Waals surface area contributed by atoms with Crippen LogP contribution in [0.3, 0.4) is 0 Å². The molecule has 8 heteroatoms. The zero-order valence-corrected chi connectivity index (χ0v) is 19.2. The normalized spacial score (nSPS) is 13.6. The summed E-state index contributed by atoms with van der Waals surface area (Å²) in [7, 11) is 0. The molecule has 3 N–H and O–H groups in total. The van der Waals surface area contributed by atoms with Crippen molar-refractivity contribution in [2.24, 2.45) is 0 Å². The molecule has 3 aromatic rings. The monoisotopic (exact) mass is 504 g/mol. The van der Waals surface area contributed by atoms with Crippen molar-refractivity contribution in [2.45, 2.75) is 24.9 Å². The minimum absolute atomic E-state index is 0.0160. The van der Waals surface area contributed by atoms with E-state index in [2.05, 4.69) is 48.9 Å². The molecule has 0 aliphatic heterocycles. The van der Waals surface area contributed by atoms with E-state index in [0.29, 0.717) is 11.1 Å². The minimum Gasteiger partial charge on any atom is -0.344 e. The number of carbonyl (C=O) groups excluding carboxylic acids is 3. The highest BCUT2D eigenvalue weighted by atomic mass is 79.9. The zero-order valence-electron chi connectivity index (χ0n) is 17.7. The Hall–Kier alpha value is -3.70. The largest absolute Gasteiger partial charge is 0.344 e. The van der Waals surface area contributed by atoms with Gasteiger partial charge in [0.1, 0.15) is 0 Å². The topological polar surface area (TPSA) is 91.7 Å². The summed E-state index contributed by atoms with van der Waals surface area (Å²) in [6.45, 7) is 6.42. The first-order chi connectivity index (χ1) is 15.9. The Morgan fingerprint density at radius 2 is 1.61 bits per heavy atom. The predicted octanol–water partition coefficient (Wildman–Crippen LogP) is 3.63. The fraction of sp³-hybridized carbons (Fsp3) is 0.200. The Morgan fingerprint density at radius 3 is 2.36 bits per heavy atom. The van der Waals surface area contributed by atoms with E-state index in [4.69, 9.17) is 6.57 Å². The average molecular weight is 505 g/mol. The van der Waals surface area contributed by atoms with Crippen LogP contribution in [0.5, 0.6) is 0 Å². The summed E-state index contributed by atoms with van der Waals surface area (Å²) in [6, 6.07) is 19.1. The maximum Gasteiger partial charge on any atom is 0.314 e. The molecule has 1 aliphatic rings. The maximum absolute atomic E-state index is 13.3. The molecular formula is C25H21BrN4O3. The second-order valence-electron chi connectivity index (χ2n) is 7.84. The lowest BCUT2D eigenvalue weighted by molar-refractivity contribution is -0.139. The smallest absolute Gasteiger partial charge is 0.314 e. The molecule has 3 aromatic carbocycles. The van der Waals surface area contributed by atoms with Crippen LogP contribution >= 0.6 is 15.9 Å². The van der Waals surface area contributed by atoms with Crippen LogP contribution in [-0.4, -0.2) is 24.4 Å². The van der Waals surface area contributed by atoms with Gasteiger partial charge < -0.3 is 10.6 Å². The Bertz CT molecular complexity index is 1290. The predicted molar refractivity (Wildman–Crippen MR) is 128 cm³/mol. The van der Waals surface area contributed by atoms with Gasteiger partial charge in [0.25, 0.3) is 12.6 Å². The molecule has 1 saturated carbocycles. The molecule has 4 rings (SSSR count). The lowest BCUT2D eigenvalue weighted by atomic mass is 9.96. The number of rotatable bonds is 6. The van der Waals surface area contributed by atoms with Gasteiger partial charge in [-0.05, 0) is 46.9 Å². The second-order valence-corrected chi connectivity index (χ2v) is 8.69. The van der Waals surface area contributed by atoms with E-state index in [1.54, 1.807) is 24.3 Å². The van der Waals surface area contributed by atoms with Crippen molar-refractivity contribution in [1.82, 2.24) is 16.0 Å². The van der Waals surface area contributed by atoms with Crippen molar-refractivity contribution in [1.29, 1.82) is 0 Å². The molecule has 166 valence electrons. The maximum atomic E-state index is 13.3. The summed E-state index contributed by atoms with van der Waals surface area (Å²) in [4.78, 5) is 39.9. The number of halogens is 1. The third kappa shape index (κ3) is 4.73. The second kappa shape index (κ2) is 9.43. The number of hydrogen-bond acceptors (Lipinski definition) is 3. The van der Waals surface area contributed by atoms with E-state index in [1.807, 2.05) is 24.3 Å². The molecule has 0 radical (unpaired) electrons.